The van der Waals surface area contributed by atoms with Crippen molar-refractivity contribution in [2.24, 2.45) is 0 Å². The third-order valence-corrected chi connectivity index (χ3v) is 4.88. The van der Waals surface area contributed by atoms with E-state index in [1.54, 1.807) is 24.5 Å². The fourth-order valence-electron chi connectivity index (χ4n) is 3.34. The SMILES string of the molecule is CC(NC(=O)c1ccc(OCc2cccnc2)cc1)c1cccc2ccccc12. The van der Waals surface area contributed by atoms with Crippen molar-refractivity contribution in [2.45, 2.75) is 19.6 Å². The van der Waals surface area contributed by atoms with Crippen LogP contribution in [-0.4, -0.2) is 10.9 Å². The monoisotopic (exact) mass is 382 g/mol. The Bertz CT molecular complexity index is 1100. The Morgan fingerprint density at radius 3 is 2.55 bits per heavy atom. The molecule has 4 nitrogen and oxygen atoms in total. The number of amides is 1. The Morgan fingerprint density at radius 1 is 0.966 bits per heavy atom. The van der Waals surface area contributed by atoms with Crippen LogP contribution in [0.4, 0.5) is 0 Å². The maximum absolute atomic E-state index is 12.7. The van der Waals surface area contributed by atoms with Gasteiger partial charge in [0.2, 0.25) is 0 Å². The number of benzene rings is 3. The van der Waals surface area contributed by atoms with E-state index in [-0.39, 0.29) is 11.9 Å². The number of aromatic nitrogens is 1. The van der Waals surface area contributed by atoms with Crippen LogP contribution < -0.4 is 10.1 Å². The minimum absolute atomic E-state index is 0.102. The molecule has 1 aromatic heterocycles. The molecule has 29 heavy (non-hydrogen) atoms. The van der Waals surface area contributed by atoms with Crippen LogP contribution in [0, 0.1) is 0 Å². The summed E-state index contributed by atoms with van der Waals surface area (Å²) >= 11 is 0. The van der Waals surface area contributed by atoms with Gasteiger partial charge in [0.25, 0.3) is 5.91 Å². The number of carbonyl (C=O) groups excluding carboxylic acids is 1. The van der Waals surface area contributed by atoms with E-state index in [4.69, 9.17) is 4.74 Å². The highest BCUT2D eigenvalue weighted by Gasteiger charge is 2.13. The number of ether oxygens (including phenoxy) is 1. The predicted octanol–water partition coefficient (Wildman–Crippen LogP) is 5.30. The molecule has 0 saturated carbocycles. The number of hydrogen-bond acceptors (Lipinski definition) is 3. The van der Waals surface area contributed by atoms with Crippen molar-refractivity contribution in [2.75, 3.05) is 0 Å². The van der Waals surface area contributed by atoms with Crippen molar-refractivity contribution in [1.82, 2.24) is 10.3 Å². The van der Waals surface area contributed by atoms with Crippen molar-refractivity contribution in [3.63, 3.8) is 0 Å². The van der Waals surface area contributed by atoms with Crippen molar-refractivity contribution >= 4 is 16.7 Å². The second-order valence-electron chi connectivity index (χ2n) is 6.94. The van der Waals surface area contributed by atoms with Gasteiger partial charge in [0.05, 0.1) is 6.04 Å². The molecule has 4 aromatic rings. The highest BCUT2D eigenvalue weighted by Crippen LogP contribution is 2.24. The summed E-state index contributed by atoms with van der Waals surface area (Å²) in [5, 5.41) is 5.42. The van der Waals surface area contributed by atoms with Crippen LogP contribution in [0.1, 0.15) is 34.5 Å². The second-order valence-corrected chi connectivity index (χ2v) is 6.94. The molecule has 1 N–H and O–H groups in total. The van der Waals surface area contributed by atoms with Gasteiger partial charge in [0.1, 0.15) is 12.4 Å². The van der Waals surface area contributed by atoms with E-state index < -0.39 is 0 Å². The molecular formula is C25H22N2O2. The zero-order chi connectivity index (χ0) is 20.1. The summed E-state index contributed by atoms with van der Waals surface area (Å²) in [5.74, 6) is 0.608. The lowest BCUT2D eigenvalue weighted by molar-refractivity contribution is 0.0940. The van der Waals surface area contributed by atoms with E-state index in [0.717, 1.165) is 16.5 Å². The minimum atomic E-state index is -0.107. The molecule has 0 fully saturated rings. The van der Waals surface area contributed by atoms with Crippen LogP contribution in [-0.2, 0) is 6.61 Å². The average Bonchev–Trinajstić information content (AvgIpc) is 2.78. The molecule has 1 atom stereocenters. The van der Waals surface area contributed by atoms with Crippen molar-refractivity contribution in [3.05, 3.63) is 108 Å². The standard InChI is InChI=1S/C25H22N2O2/c1-18(23-10-4-8-20-7-2-3-9-24(20)23)27-25(28)21-11-13-22(14-12-21)29-17-19-6-5-15-26-16-19/h2-16,18H,17H2,1H3,(H,27,28). The highest BCUT2D eigenvalue weighted by molar-refractivity contribution is 5.95. The molecule has 3 aromatic carbocycles. The summed E-state index contributed by atoms with van der Waals surface area (Å²) in [6, 6.07) is 25.3. The van der Waals surface area contributed by atoms with E-state index in [2.05, 4.69) is 34.6 Å². The number of nitrogens with one attached hydrogen (secondary N) is 1. The fourth-order valence-corrected chi connectivity index (χ4v) is 3.34. The summed E-state index contributed by atoms with van der Waals surface area (Å²) in [6.07, 6.45) is 3.51. The van der Waals surface area contributed by atoms with Crippen LogP contribution in [0.3, 0.4) is 0 Å². The highest BCUT2D eigenvalue weighted by atomic mass is 16.5. The maximum Gasteiger partial charge on any atom is 0.251 e. The lowest BCUT2D eigenvalue weighted by atomic mass is 9.99. The number of pyridine rings is 1. The summed E-state index contributed by atoms with van der Waals surface area (Å²) in [6.45, 7) is 2.45. The molecule has 0 bridgehead atoms. The largest absolute Gasteiger partial charge is 0.489 e. The van der Waals surface area contributed by atoms with Gasteiger partial charge in [-0.3, -0.25) is 9.78 Å². The van der Waals surface area contributed by atoms with Gasteiger partial charge in [-0.1, -0.05) is 48.5 Å². The van der Waals surface area contributed by atoms with E-state index in [0.29, 0.717) is 17.9 Å². The minimum Gasteiger partial charge on any atom is -0.489 e. The Kier molecular flexibility index (Phi) is 5.52. The topological polar surface area (TPSA) is 51.2 Å². The first-order chi connectivity index (χ1) is 14.2. The van der Waals surface area contributed by atoms with Gasteiger partial charge >= 0.3 is 0 Å². The predicted molar refractivity (Wildman–Crippen MR) is 115 cm³/mol. The van der Waals surface area contributed by atoms with E-state index in [9.17, 15) is 4.79 Å². The van der Waals surface area contributed by atoms with Gasteiger partial charge in [-0.2, -0.15) is 0 Å². The third kappa shape index (κ3) is 4.43. The van der Waals surface area contributed by atoms with Crippen LogP contribution in [0.15, 0.2) is 91.3 Å². The molecular weight excluding hydrogens is 360 g/mol. The first kappa shape index (κ1) is 18.7. The molecule has 0 saturated heterocycles. The average molecular weight is 382 g/mol. The van der Waals surface area contributed by atoms with Crippen LogP contribution >= 0.6 is 0 Å². The molecule has 0 aliphatic heterocycles. The van der Waals surface area contributed by atoms with Gasteiger partial charge in [0, 0.05) is 23.5 Å². The molecule has 4 heteroatoms. The van der Waals surface area contributed by atoms with Crippen LogP contribution in [0.2, 0.25) is 0 Å². The summed E-state index contributed by atoms with van der Waals surface area (Å²) in [7, 11) is 0. The quantitative estimate of drug-likeness (QED) is 0.492. The fraction of sp³-hybridized carbons (Fsp3) is 0.120. The van der Waals surface area contributed by atoms with Gasteiger partial charge in [-0.05, 0) is 53.6 Å². The Morgan fingerprint density at radius 2 is 1.76 bits per heavy atom. The number of hydrogen-bond donors (Lipinski definition) is 1. The Labute approximate surface area is 170 Å². The molecule has 0 spiro atoms. The molecule has 0 aliphatic rings. The zero-order valence-electron chi connectivity index (χ0n) is 16.2. The van der Waals surface area contributed by atoms with Crippen LogP contribution in [0.25, 0.3) is 10.8 Å². The van der Waals surface area contributed by atoms with E-state index in [1.807, 2.05) is 49.4 Å². The van der Waals surface area contributed by atoms with Crippen LogP contribution in [0.5, 0.6) is 5.75 Å². The lowest BCUT2D eigenvalue weighted by Gasteiger charge is -2.17. The van der Waals surface area contributed by atoms with Gasteiger partial charge in [-0.15, -0.1) is 0 Å². The molecule has 144 valence electrons. The van der Waals surface area contributed by atoms with Crippen molar-refractivity contribution in [1.29, 1.82) is 0 Å². The van der Waals surface area contributed by atoms with E-state index in [1.165, 1.54) is 5.39 Å². The molecule has 1 unspecified atom stereocenters. The van der Waals surface area contributed by atoms with Gasteiger partial charge in [0.15, 0.2) is 0 Å². The molecule has 4 rings (SSSR count). The summed E-state index contributed by atoms with van der Waals surface area (Å²) in [4.78, 5) is 16.8. The molecule has 1 amide bonds. The normalized spacial score (nSPS) is 11.8. The summed E-state index contributed by atoms with van der Waals surface area (Å²) in [5.41, 5.74) is 2.71. The Hall–Kier alpha value is -3.66. The first-order valence-corrected chi connectivity index (χ1v) is 9.61. The second kappa shape index (κ2) is 8.57. The Balaban J connectivity index is 1.41. The third-order valence-electron chi connectivity index (χ3n) is 4.88. The van der Waals surface area contributed by atoms with Gasteiger partial charge in [-0.25, -0.2) is 0 Å². The number of fused-ring (bicyclic) bond motifs is 1. The number of rotatable bonds is 6. The maximum atomic E-state index is 12.7. The molecule has 0 aliphatic carbocycles. The molecule has 0 radical (unpaired) electrons. The number of carbonyl (C=O) groups is 1. The first-order valence-electron chi connectivity index (χ1n) is 9.61. The van der Waals surface area contributed by atoms with Crippen molar-refractivity contribution in [3.8, 4) is 5.75 Å². The molecule has 1 heterocycles. The zero-order valence-corrected chi connectivity index (χ0v) is 16.2. The summed E-state index contributed by atoms with van der Waals surface area (Å²) < 4.78 is 5.75. The smallest absolute Gasteiger partial charge is 0.251 e. The lowest BCUT2D eigenvalue weighted by Crippen LogP contribution is -2.26. The van der Waals surface area contributed by atoms with Gasteiger partial charge < -0.3 is 10.1 Å². The number of nitrogens with zero attached hydrogens (tertiary/aromatic N) is 1. The van der Waals surface area contributed by atoms with Crippen molar-refractivity contribution < 1.29 is 9.53 Å². The van der Waals surface area contributed by atoms with E-state index >= 15 is 0 Å².